The van der Waals surface area contributed by atoms with Gasteiger partial charge in [-0.2, -0.15) is 0 Å². The number of halogens is 1. The van der Waals surface area contributed by atoms with E-state index < -0.39 is 5.82 Å². The fraction of sp³-hybridized carbons (Fsp3) is 0.529. The first-order valence-corrected chi connectivity index (χ1v) is 9.09. The average molecular weight is 349 g/mol. The first-order valence-electron chi connectivity index (χ1n) is 8.21. The molecule has 0 aromatic carbocycles. The first kappa shape index (κ1) is 15.9. The second-order valence-corrected chi connectivity index (χ2v) is 7.46. The number of nitrogens with zero attached hydrogens (tertiary/aromatic N) is 3. The molecule has 128 valence electrons. The van der Waals surface area contributed by atoms with Gasteiger partial charge in [-0.15, -0.1) is 11.3 Å². The highest BCUT2D eigenvalue weighted by molar-refractivity contribution is 7.09. The molecular formula is C17H20FN3O2S. The van der Waals surface area contributed by atoms with Gasteiger partial charge in [0.15, 0.2) is 5.82 Å². The molecule has 0 aliphatic carbocycles. The lowest BCUT2D eigenvalue weighted by molar-refractivity contribution is -0.0425. The van der Waals surface area contributed by atoms with Gasteiger partial charge in [-0.05, 0) is 25.0 Å². The minimum absolute atomic E-state index is 0.0783. The molecule has 2 aliphatic rings. The van der Waals surface area contributed by atoms with E-state index in [0.717, 1.165) is 44.1 Å². The van der Waals surface area contributed by atoms with Crippen molar-refractivity contribution in [2.75, 3.05) is 26.3 Å². The molecular weight excluding hydrogens is 329 g/mol. The third-order valence-corrected chi connectivity index (χ3v) is 5.68. The van der Waals surface area contributed by atoms with Crippen LogP contribution in [0.2, 0.25) is 0 Å². The predicted octanol–water partition coefficient (Wildman–Crippen LogP) is 2.74. The van der Waals surface area contributed by atoms with Gasteiger partial charge < -0.3 is 9.47 Å². The van der Waals surface area contributed by atoms with Gasteiger partial charge in [0.05, 0.1) is 19.3 Å². The Labute approximate surface area is 144 Å². The van der Waals surface area contributed by atoms with E-state index in [4.69, 9.17) is 9.47 Å². The third kappa shape index (κ3) is 3.16. The molecule has 0 amide bonds. The Morgan fingerprint density at radius 3 is 3.21 bits per heavy atom. The van der Waals surface area contributed by atoms with E-state index in [1.165, 1.54) is 6.07 Å². The van der Waals surface area contributed by atoms with E-state index in [2.05, 4.69) is 14.9 Å². The fourth-order valence-electron chi connectivity index (χ4n) is 3.69. The van der Waals surface area contributed by atoms with Crippen LogP contribution in [0.5, 0.6) is 5.88 Å². The van der Waals surface area contributed by atoms with Gasteiger partial charge in [0.2, 0.25) is 5.88 Å². The van der Waals surface area contributed by atoms with Crippen molar-refractivity contribution < 1.29 is 13.9 Å². The summed E-state index contributed by atoms with van der Waals surface area (Å²) in [6, 6.07) is 2.94. The number of rotatable bonds is 5. The molecule has 0 bridgehead atoms. The normalized spacial score (nSPS) is 27.1. The minimum atomic E-state index is -0.417. The van der Waals surface area contributed by atoms with Crippen molar-refractivity contribution in [2.24, 2.45) is 5.41 Å². The molecule has 0 saturated carbocycles. The second kappa shape index (κ2) is 6.74. The van der Waals surface area contributed by atoms with Crippen LogP contribution in [0.4, 0.5) is 4.39 Å². The topological polar surface area (TPSA) is 47.5 Å². The van der Waals surface area contributed by atoms with Gasteiger partial charge in [-0.3, -0.25) is 4.90 Å². The van der Waals surface area contributed by atoms with Crippen LogP contribution in [0.25, 0.3) is 0 Å². The molecule has 24 heavy (non-hydrogen) atoms. The van der Waals surface area contributed by atoms with Crippen LogP contribution in [0.15, 0.2) is 29.9 Å². The van der Waals surface area contributed by atoms with Crippen molar-refractivity contribution in [3.8, 4) is 5.88 Å². The number of aromatic nitrogens is 2. The maximum absolute atomic E-state index is 13.8. The standard InChI is InChI=1S/C17H20FN3O2S/c18-13-2-1-5-20-16(13)23-12-17-4-8-22-14(17)3-7-21(11-17)10-15-19-6-9-24-15/h1-2,5-6,9,14H,3-4,7-8,10-12H2/t14-,17+/m0/s1. The molecule has 2 aliphatic heterocycles. The van der Waals surface area contributed by atoms with Crippen LogP contribution in [0.1, 0.15) is 17.8 Å². The lowest BCUT2D eigenvalue weighted by atomic mass is 9.77. The maximum atomic E-state index is 13.8. The van der Waals surface area contributed by atoms with E-state index in [1.54, 1.807) is 23.6 Å². The average Bonchev–Trinajstić information content (AvgIpc) is 3.23. The van der Waals surface area contributed by atoms with Crippen LogP contribution in [-0.4, -0.2) is 47.3 Å². The Balaban J connectivity index is 1.46. The van der Waals surface area contributed by atoms with Crippen molar-refractivity contribution in [1.82, 2.24) is 14.9 Å². The molecule has 0 spiro atoms. The Kier molecular flexibility index (Phi) is 4.47. The summed E-state index contributed by atoms with van der Waals surface area (Å²) in [5.74, 6) is -0.339. The maximum Gasteiger partial charge on any atom is 0.250 e. The quantitative estimate of drug-likeness (QED) is 0.831. The molecule has 2 atom stereocenters. The summed E-state index contributed by atoms with van der Waals surface area (Å²) in [6.07, 6.45) is 5.47. The fourth-order valence-corrected chi connectivity index (χ4v) is 4.35. The zero-order chi connectivity index (χ0) is 16.4. The Morgan fingerprint density at radius 1 is 1.42 bits per heavy atom. The highest BCUT2D eigenvalue weighted by atomic mass is 32.1. The predicted molar refractivity (Wildman–Crippen MR) is 88.5 cm³/mol. The summed E-state index contributed by atoms with van der Waals surface area (Å²) in [5, 5.41) is 3.13. The number of fused-ring (bicyclic) bond motifs is 1. The van der Waals surface area contributed by atoms with Crippen LogP contribution >= 0.6 is 11.3 Å². The van der Waals surface area contributed by atoms with Gasteiger partial charge in [0.25, 0.3) is 0 Å². The first-order chi connectivity index (χ1) is 11.8. The van der Waals surface area contributed by atoms with E-state index >= 15 is 0 Å². The highest BCUT2D eigenvalue weighted by Gasteiger charge is 2.48. The number of pyridine rings is 1. The van der Waals surface area contributed by atoms with E-state index in [0.29, 0.717) is 6.61 Å². The summed E-state index contributed by atoms with van der Waals surface area (Å²) in [6.45, 7) is 3.89. The molecule has 0 unspecified atom stereocenters. The Hall–Kier alpha value is -1.57. The zero-order valence-corrected chi connectivity index (χ0v) is 14.2. The van der Waals surface area contributed by atoms with Crippen LogP contribution in [-0.2, 0) is 11.3 Å². The molecule has 2 fully saturated rings. The number of piperidine rings is 1. The molecule has 7 heteroatoms. The molecule has 2 aromatic heterocycles. The van der Waals surface area contributed by atoms with Gasteiger partial charge in [-0.1, -0.05) is 0 Å². The molecule has 4 heterocycles. The van der Waals surface area contributed by atoms with E-state index in [1.807, 2.05) is 11.6 Å². The Morgan fingerprint density at radius 2 is 2.38 bits per heavy atom. The van der Waals surface area contributed by atoms with Gasteiger partial charge in [0.1, 0.15) is 5.01 Å². The zero-order valence-electron chi connectivity index (χ0n) is 13.4. The number of ether oxygens (including phenoxy) is 2. The monoisotopic (exact) mass is 349 g/mol. The van der Waals surface area contributed by atoms with E-state index in [-0.39, 0.29) is 17.4 Å². The molecule has 5 nitrogen and oxygen atoms in total. The SMILES string of the molecule is Fc1cccnc1OC[C@]12CCO[C@H]1CCN(Cc1nccs1)C2. The summed E-state index contributed by atoms with van der Waals surface area (Å²) >= 11 is 1.68. The lowest BCUT2D eigenvalue weighted by Crippen LogP contribution is -2.52. The lowest BCUT2D eigenvalue weighted by Gasteiger charge is -2.43. The minimum Gasteiger partial charge on any atom is -0.475 e. The van der Waals surface area contributed by atoms with Gasteiger partial charge in [0, 0.05) is 42.9 Å². The summed E-state index contributed by atoms with van der Waals surface area (Å²) in [7, 11) is 0. The number of hydrogen-bond acceptors (Lipinski definition) is 6. The van der Waals surface area contributed by atoms with Gasteiger partial charge >= 0.3 is 0 Å². The van der Waals surface area contributed by atoms with Crippen LogP contribution in [0.3, 0.4) is 0 Å². The summed E-state index contributed by atoms with van der Waals surface area (Å²) < 4.78 is 25.5. The molecule has 0 N–H and O–H groups in total. The number of hydrogen-bond donors (Lipinski definition) is 0. The van der Waals surface area contributed by atoms with E-state index in [9.17, 15) is 4.39 Å². The van der Waals surface area contributed by atoms with Crippen molar-refractivity contribution in [1.29, 1.82) is 0 Å². The Bertz CT molecular complexity index is 684. The summed E-state index contributed by atoms with van der Waals surface area (Å²) in [5.41, 5.74) is -0.0977. The van der Waals surface area contributed by atoms with Crippen molar-refractivity contribution in [3.05, 3.63) is 40.7 Å². The second-order valence-electron chi connectivity index (χ2n) is 6.48. The number of likely N-dealkylation sites (tertiary alicyclic amines) is 1. The van der Waals surface area contributed by atoms with Crippen molar-refractivity contribution in [3.63, 3.8) is 0 Å². The third-order valence-electron chi connectivity index (χ3n) is 4.91. The highest BCUT2D eigenvalue weighted by Crippen LogP contribution is 2.41. The molecule has 4 rings (SSSR count). The number of thiazole rings is 1. The van der Waals surface area contributed by atoms with Crippen molar-refractivity contribution in [2.45, 2.75) is 25.5 Å². The molecule has 0 radical (unpaired) electrons. The largest absolute Gasteiger partial charge is 0.475 e. The van der Waals surface area contributed by atoms with Crippen LogP contribution in [0, 0.1) is 11.2 Å². The van der Waals surface area contributed by atoms with Crippen LogP contribution < -0.4 is 4.74 Å². The van der Waals surface area contributed by atoms with Gasteiger partial charge in [-0.25, -0.2) is 14.4 Å². The molecule has 2 saturated heterocycles. The smallest absolute Gasteiger partial charge is 0.250 e. The molecule has 2 aromatic rings. The summed E-state index contributed by atoms with van der Waals surface area (Å²) in [4.78, 5) is 10.8. The van der Waals surface area contributed by atoms with Crippen molar-refractivity contribution >= 4 is 11.3 Å².